The molecular formula is C31H41N3O4. The number of nitrogens with zero attached hydrogens (tertiary/aromatic N) is 3. The van der Waals surface area contributed by atoms with Crippen molar-refractivity contribution in [2.45, 2.75) is 44.4 Å². The van der Waals surface area contributed by atoms with Gasteiger partial charge in [-0.25, -0.2) is 0 Å². The first-order valence-corrected chi connectivity index (χ1v) is 14.2. The van der Waals surface area contributed by atoms with Gasteiger partial charge in [-0.15, -0.1) is 0 Å². The molecule has 1 atom stereocenters. The van der Waals surface area contributed by atoms with Gasteiger partial charge in [-0.3, -0.25) is 14.5 Å². The van der Waals surface area contributed by atoms with E-state index < -0.39 is 0 Å². The second-order valence-electron chi connectivity index (χ2n) is 11.0. The largest absolute Gasteiger partial charge is 0.486 e. The highest BCUT2D eigenvalue weighted by molar-refractivity contribution is 5.98. The highest BCUT2D eigenvalue weighted by atomic mass is 16.6. The zero-order valence-electron chi connectivity index (χ0n) is 22.9. The standard InChI is InChI=1S/C31H41N3O4/c1-32(2)31(36)26-12-7-6-11-24(26)25(29(35)23-9-4-3-5-10-23)15-16-33-17-19-34(20-18-33)27-13-8-14-28-30(27)38-22-21-37-28/h6-8,11-14,23,25H,3-5,9-10,15-22H2,1-2H3. The Bertz CT molecular complexity index is 1120. The van der Waals surface area contributed by atoms with Gasteiger partial charge in [-0.1, -0.05) is 43.5 Å². The lowest BCUT2D eigenvalue weighted by atomic mass is 9.77. The Morgan fingerprint density at radius 2 is 1.66 bits per heavy atom. The maximum absolute atomic E-state index is 13.9. The van der Waals surface area contributed by atoms with E-state index in [0.717, 1.165) is 87.6 Å². The maximum atomic E-state index is 13.9. The first-order valence-electron chi connectivity index (χ1n) is 14.2. The van der Waals surface area contributed by atoms with E-state index in [1.807, 2.05) is 36.4 Å². The normalized spacial score (nSPS) is 19.2. The zero-order valence-corrected chi connectivity index (χ0v) is 22.9. The Morgan fingerprint density at radius 3 is 2.42 bits per heavy atom. The Balaban J connectivity index is 1.28. The minimum Gasteiger partial charge on any atom is -0.486 e. The number of amides is 1. The number of Topliss-reactive ketones (excluding diaryl/α,β-unsaturated/α-hetero) is 1. The van der Waals surface area contributed by atoms with Gasteiger partial charge in [0.2, 0.25) is 0 Å². The number of para-hydroxylation sites is 1. The fourth-order valence-electron chi connectivity index (χ4n) is 6.19. The van der Waals surface area contributed by atoms with E-state index in [0.29, 0.717) is 24.6 Å². The van der Waals surface area contributed by atoms with Crippen molar-refractivity contribution >= 4 is 17.4 Å². The minimum atomic E-state index is -0.247. The van der Waals surface area contributed by atoms with Gasteiger partial charge >= 0.3 is 0 Å². The van der Waals surface area contributed by atoms with Crippen molar-refractivity contribution in [3.05, 3.63) is 53.6 Å². The molecule has 0 N–H and O–H groups in total. The number of carbonyl (C=O) groups excluding carboxylic acids is 2. The summed E-state index contributed by atoms with van der Waals surface area (Å²) in [5, 5.41) is 0. The summed E-state index contributed by atoms with van der Waals surface area (Å²) in [7, 11) is 3.55. The molecule has 0 spiro atoms. The summed E-state index contributed by atoms with van der Waals surface area (Å²) < 4.78 is 11.7. The number of ether oxygens (including phenoxy) is 2. The Hall–Kier alpha value is -3.06. The molecule has 204 valence electrons. The van der Waals surface area contributed by atoms with Gasteiger partial charge in [0.05, 0.1) is 5.69 Å². The van der Waals surface area contributed by atoms with Crippen LogP contribution < -0.4 is 14.4 Å². The Labute approximate surface area is 226 Å². The molecule has 1 saturated carbocycles. The van der Waals surface area contributed by atoms with Crippen molar-refractivity contribution < 1.29 is 19.1 Å². The number of anilines is 1. The molecule has 0 aromatic heterocycles. The number of benzene rings is 2. The third-order valence-electron chi connectivity index (χ3n) is 8.32. The highest BCUT2D eigenvalue weighted by Gasteiger charge is 2.32. The minimum absolute atomic E-state index is 0.0342. The van der Waals surface area contributed by atoms with Crippen LogP contribution >= 0.6 is 0 Å². The van der Waals surface area contributed by atoms with E-state index >= 15 is 0 Å². The predicted molar refractivity (Wildman–Crippen MR) is 149 cm³/mol. The van der Waals surface area contributed by atoms with Crippen LogP contribution in [0.25, 0.3) is 0 Å². The molecule has 1 unspecified atom stereocenters. The SMILES string of the molecule is CN(C)C(=O)c1ccccc1C(CCN1CCN(c2cccc3c2OCCO3)CC1)C(=O)C1CCCCC1. The van der Waals surface area contributed by atoms with Crippen LogP contribution in [0.1, 0.15) is 60.4 Å². The summed E-state index contributed by atoms with van der Waals surface area (Å²) in [5.74, 6) is 1.84. The van der Waals surface area contributed by atoms with Crippen LogP contribution in [0.2, 0.25) is 0 Å². The molecule has 2 aromatic carbocycles. The topological polar surface area (TPSA) is 62.3 Å². The third-order valence-corrected chi connectivity index (χ3v) is 8.32. The molecule has 1 amide bonds. The molecule has 2 heterocycles. The molecular weight excluding hydrogens is 478 g/mol. The molecule has 7 nitrogen and oxygen atoms in total. The fraction of sp³-hybridized carbons (Fsp3) is 0.548. The molecule has 7 heteroatoms. The van der Waals surface area contributed by atoms with Crippen molar-refractivity contribution in [3.8, 4) is 11.5 Å². The van der Waals surface area contributed by atoms with Gasteiger partial charge in [0, 0.05) is 57.7 Å². The van der Waals surface area contributed by atoms with E-state index in [1.54, 1.807) is 19.0 Å². The molecule has 2 fully saturated rings. The monoisotopic (exact) mass is 519 g/mol. The van der Waals surface area contributed by atoms with Crippen molar-refractivity contribution in [2.24, 2.45) is 5.92 Å². The average Bonchev–Trinajstić information content (AvgIpc) is 2.97. The summed E-state index contributed by atoms with van der Waals surface area (Å²) in [6.07, 6.45) is 6.17. The molecule has 2 aromatic rings. The number of piperazine rings is 1. The lowest BCUT2D eigenvalue weighted by Crippen LogP contribution is -2.47. The number of hydrogen-bond donors (Lipinski definition) is 0. The van der Waals surface area contributed by atoms with E-state index in [9.17, 15) is 9.59 Å². The van der Waals surface area contributed by atoms with Crippen LogP contribution in [-0.4, -0.2) is 81.5 Å². The van der Waals surface area contributed by atoms with Crippen molar-refractivity contribution in [3.63, 3.8) is 0 Å². The molecule has 5 rings (SSSR count). The van der Waals surface area contributed by atoms with Gasteiger partial charge in [0.1, 0.15) is 19.0 Å². The molecule has 0 bridgehead atoms. The van der Waals surface area contributed by atoms with Crippen LogP contribution in [-0.2, 0) is 4.79 Å². The van der Waals surface area contributed by atoms with E-state index in [-0.39, 0.29) is 17.7 Å². The number of ketones is 1. The van der Waals surface area contributed by atoms with E-state index in [1.165, 1.54) is 6.42 Å². The summed E-state index contributed by atoms with van der Waals surface area (Å²) in [6.45, 7) is 5.66. The van der Waals surface area contributed by atoms with Gasteiger partial charge in [-0.05, 0) is 49.6 Å². The molecule has 1 saturated heterocycles. The zero-order chi connectivity index (χ0) is 26.5. The van der Waals surface area contributed by atoms with Gasteiger partial charge in [-0.2, -0.15) is 0 Å². The smallest absolute Gasteiger partial charge is 0.253 e. The predicted octanol–water partition coefficient (Wildman–Crippen LogP) is 4.60. The number of rotatable bonds is 8. The lowest BCUT2D eigenvalue weighted by Gasteiger charge is -2.38. The van der Waals surface area contributed by atoms with Crippen LogP contribution in [0.5, 0.6) is 11.5 Å². The molecule has 0 radical (unpaired) electrons. The summed E-state index contributed by atoms with van der Waals surface area (Å²) in [6, 6.07) is 13.9. The van der Waals surface area contributed by atoms with Gasteiger partial charge in [0.25, 0.3) is 5.91 Å². The van der Waals surface area contributed by atoms with Crippen LogP contribution in [0, 0.1) is 5.92 Å². The van der Waals surface area contributed by atoms with Crippen molar-refractivity contribution in [2.75, 3.05) is 64.9 Å². The van der Waals surface area contributed by atoms with Crippen LogP contribution in [0.3, 0.4) is 0 Å². The number of carbonyl (C=O) groups is 2. The van der Waals surface area contributed by atoms with Crippen molar-refractivity contribution in [1.29, 1.82) is 0 Å². The van der Waals surface area contributed by atoms with Crippen LogP contribution in [0.4, 0.5) is 5.69 Å². The molecule has 1 aliphatic carbocycles. The average molecular weight is 520 g/mol. The van der Waals surface area contributed by atoms with E-state index in [2.05, 4.69) is 15.9 Å². The lowest BCUT2D eigenvalue weighted by molar-refractivity contribution is -0.125. The third kappa shape index (κ3) is 5.83. The first kappa shape index (κ1) is 26.5. The maximum Gasteiger partial charge on any atom is 0.253 e. The highest BCUT2D eigenvalue weighted by Crippen LogP contribution is 2.40. The first-order chi connectivity index (χ1) is 18.5. The number of fused-ring (bicyclic) bond motifs is 1. The van der Waals surface area contributed by atoms with Crippen LogP contribution in [0.15, 0.2) is 42.5 Å². The Kier molecular flexibility index (Phi) is 8.52. The van der Waals surface area contributed by atoms with E-state index in [4.69, 9.17) is 9.47 Å². The molecule has 2 aliphatic heterocycles. The second-order valence-corrected chi connectivity index (χ2v) is 11.0. The fourth-order valence-corrected chi connectivity index (χ4v) is 6.19. The number of hydrogen-bond acceptors (Lipinski definition) is 6. The second kappa shape index (κ2) is 12.2. The molecule has 3 aliphatic rings. The quantitative estimate of drug-likeness (QED) is 0.508. The van der Waals surface area contributed by atoms with Gasteiger partial charge in [0.15, 0.2) is 11.5 Å². The Morgan fingerprint density at radius 1 is 0.921 bits per heavy atom. The summed E-state index contributed by atoms with van der Waals surface area (Å²) in [4.78, 5) is 33.4. The molecule has 38 heavy (non-hydrogen) atoms. The van der Waals surface area contributed by atoms with Gasteiger partial charge < -0.3 is 19.3 Å². The van der Waals surface area contributed by atoms with Crippen molar-refractivity contribution in [1.82, 2.24) is 9.80 Å². The summed E-state index contributed by atoms with van der Waals surface area (Å²) in [5.41, 5.74) is 2.66. The summed E-state index contributed by atoms with van der Waals surface area (Å²) >= 11 is 0.